The van der Waals surface area contributed by atoms with Crippen LogP contribution in [0, 0.1) is 5.41 Å². The molecule has 0 saturated carbocycles. The highest BCUT2D eigenvalue weighted by atomic mass is 17.1. The largest absolute Gasteiger partial charge is 0.292 e. The third-order valence-electron chi connectivity index (χ3n) is 4.38. The third-order valence-corrected chi connectivity index (χ3v) is 4.38. The molecule has 130 valence electrons. The number of amides is 2. The van der Waals surface area contributed by atoms with Gasteiger partial charge in [0.2, 0.25) is 0 Å². The molecule has 0 bridgehead atoms. The number of carbonyl (C=O) groups excluding carboxylic acids is 2. The van der Waals surface area contributed by atoms with Crippen molar-refractivity contribution in [2.45, 2.75) is 26.4 Å². The lowest BCUT2D eigenvalue weighted by atomic mass is 9.75. The van der Waals surface area contributed by atoms with Gasteiger partial charge in [0.1, 0.15) is 0 Å². The summed E-state index contributed by atoms with van der Waals surface area (Å²) in [5.41, 5.74) is -1.98. The van der Waals surface area contributed by atoms with Gasteiger partial charge < -0.3 is 0 Å². The highest BCUT2D eigenvalue weighted by molar-refractivity contribution is 6.29. The number of rotatable bonds is 3. The molecule has 2 amide bonds. The van der Waals surface area contributed by atoms with Crippen molar-refractivity contribution in [2.24, 2.45) is 5.41 Å². The lowest BCUT2D eigenvalue weighted by molar-refractivity contribution is -0.319. The number of hydrogen-bond acceptors (Lipinski definition) is 4. The molecule has 3 rings (SSSR count). The molecule has 6 heteroatoms. The maximum Gasteiger partial charge on any atom is 0.292 e. The minimum Gasteiger partial charge on any atom is -0.268 e. The fraction of sp³-hybridized carbons (Fsp3) is 0.263. The van der Waals surface area contributed by atoms with Crippen molar-refractivity contribution in [3.8, 4) is 0 Å². The van der Waals surface area contributed by atoms with Crippen molar-refractivity contribution < 1.29 is 19.7 Å². The summed E-state index contributed by atoms with van der Waals surface area (Å²) < 4.78 is 0. The van der Waals surface area contributed by atoms with Crippen LogP contribution in [0.4, 0.5) is 11.4 Å². The van der Waals surface area contributed by atoms with E-state index < -0.39 is 22.8 Å². The van der Waals surface area contributed by atoms with Gasteiger partial charge in [0, 0.05) is 5.41 Å². The molecule has 0 aromatic heterocycles. The van der Waals surface area contributed by atoms with Gasteiger partial charge in [-0.15, -0.1) is 0 Å². The van der Waals surface area contributed by atoms with E-state index in [2.05, 4.69) is 4.89 Å². The zero-order valence-corrected chi connectivity index (χ0v) is 14.3. The second-order valence-corrected chi connectivity index (χ2v) is 6.93. The molecule has 0 atom stereocenters. The second-order valence-electron chi connectivity index (χ2n) is 6.93. The van der Waals surface area contributed by atoms with E-state index in [1.54, 1.807) is 69.3 Å². The van der Waals surface area contributed by atoms with Crippen LogP contribution in [0.5, 0.6) is 0 Å². The van der Waals surface area contributed by atoms with E-state index >= 15 is 0 Å². The van der Waals surface area contributed by atoms with Gasteiger partial charge in [0.25, 0.3) is 17.4 Å². The lowest BCUT2D eigenvalue weighted by Gasteiger charge is -2.33. The first-order valence-corrected chi connectivity index (χ1v) is 7.96. The zero-order valence-electron chi connectivity index (χ0n) is 14.3. The standard InChI is InChI=1S/C19H20N2O4/c1-18(2,3)19(25-24)16(22)20(14-10-6-4-7-11-14)21(17(19)23)15-12-8-5-9-13-15/h4-13,24H,1-3H3. The monoisotopic (exact) mass is 340 g/mol. The van der Waals surface area contributed by atoms with Crippen molar-refractivity contribution in [1.29, 1.82) is 0 Å². The Morgan fingerprint density at radius 2 is 1.16 bits per heavy atom. The third kappa shape index (κ3) is 2.42. The van der Waals surface area contributed by atoms with Crippen LogP contribution in [-0.4, -0.2) is 22.7 Å². The Morgan fingerprint density at radius 3 is 1.44 bits per heavy atom. The van der Waals surface area contributed by atoms with Gasteiger partial charge in [-0.05, 0) is 24.3 Å². The van der Waals surface area contributed by atoms with E-state index in [1.165, 1.54) is 10.0 Å². The number of anilines is 2. The van der Waals surface area contributed by atoms with Crippen LogP contribution in [0.15, 0.2) is 60.7 Å². The predicted molar refractivity (Wildman–Crippen MR) is 93.8 cm³/mol. The van der Waals surface area contributed by atoms with Crippen molar-refractivity contribution in [2.75, 3.05) is 10.0 Å². The van der Waals surface area contributed by atoms with Crippen LogP contribution in [0.25, 0.3) is 0 Å². The number of hydrazine groups is 1. The van der Waals surface area contributed by atoms with Gasteiger partial charge in [-0.3, -0.25) is 14.8 Å². The van der Waals surface area contributed by atoms with Gasteiger partial charge in [-0.2, -0.15) is 0 Å². The molecule has 1 N–H and O–H groups in total. The van der Waals surface area contributed by atoms with Gasteiger partial charge in [-0.1, -0.05) is 57.2 Å². The molecule has 2 aromatic carbocycles. The average molecular weight is 340 g/mol. The number of para-hydroxylation sites is 2. The molecule has 1 aliphatic rings. The van der Waals surface area contributed by atoms with Crippen LogP contribution in [0.3, 0.4) is 0 Å². The minimum absolute atomic E-state index is 0.507. The quantitative estimate of drug-likeness (QED) is 0.529. The summed E-state index contributed by atoms with van der Waals surface area (Å²) >= 11 is 0. The SMILES string of the molecule is CC(C)(C)C1(OO)C(=O)N(c2ccccc2)N(c2ccccc2)C1=O. The molecule has 2 aromatic rings. The van der Waals surface area contributed by atoms with Crippen molar-refractivity contribution in [1.82, 2.24) is 0 Å². The van der Waals surface area contributed by atoms with Gasteiger partial charge in [0.05, 0.1) is 11.4 Å². The number of benzene rings is 2. The van der Waals surface area contributed by atoms with E-state index in [0.29, 0.717) is 11.4 Å². The first-order chi connectivity index (χ1) is 11.8. The highest BCUT2D eigenvalue weighted by Gasteiger charge is 2.67. The molecule has 0 unspecified atom stereocenters. The first kappa shape index (κ1) is 17.1. The number of hydrogen-bond donors (Lipinski definition) is 1. The van der Waals surface area contributed by atoms with Crippen LogP contribution < -0.4 is 10.0 Å². The Balaban J connectivity index is 2.24. The van der Waals surface area contributed by atoms with E-state index in [1.807, 2.05) is 12.1 Å². The molecule has 1 saturated heterocycles. The molecule has 0 spiro atoms. The molecule has 1 aliphatic heterocycles. The second kappa shape index (κ2) is 5.98. The van der Waals surface area contributed by atoms with Gasteiger partial charge >= 0.3 is 0 Å². The summed E-state index contributed by atoms with van der Waals surface area (Å²) in [7, 11) is 0. The first-order valence-electron chi connectivity index (χ1n) is 7.96. The smallest absolute Gasteiger partial charge is 0.268 e. The topological polar surface area (TPSA) is 70.1 Å². The molecule has 6 nitrogen and oxygen atoms in total. The molecule has 1 fully saturated rings. The zero-order chi connectivity index (χ0) is 18.2. The molecular formula is C19H20N2O4. The summed E-state index contributed by atoms with van der Waals surface area (Å²) in [6.45, 7) is 5.03. The van der Waals surface area contributed by atoms with Crippen molar-refractivity contribution in [3.63, 3.8) is 0 Å². The summed E-state index contributed by atoms with van der Waals surface area (Å²) in [4.78, 5) is 31.2. The van der Waals surface area contributed by atoms with Crippen LogP contribution in [-0.2, 0) is 14.5 Å². The van der Waals surface area contributed by atoms with Crippen LogP contribution >= 0.6 is 0 Å². The Bertz CT molecular complexity index is 727. The molecule has 25 heavy (non-hydrogen) atoms. The van der Waals surface area contributed by atoms with E-state index in [0.717, 1.165) is 0 Å². The normalized spacial score (nSPS) is 17.3. The van der Waals surface area contributed by atoms with E-state index in [-0.39, 0.29) is 0 Å². The maximum atomic E-state index is 13.3. The molecule has 1 heterocycles. The van der Waals surface area contributed by atoms with Crippen molar-refractivity contribution in [3.05, 3.63) is 60.7 Å². The van der Waals surface area contributed by atoms with Gasteiger partial charge in [0.15, 0.2) is 0 Å². The highest BCUT2D eigenvalue weighted by Crippen LogP contribution is 2.44. The summed E-state index contributed by atoms with van der Waals surface area (Å²) in [5.74, 6) is -1.27. The number of nitrogens with zero attached hydrogens (tertiary/aromatic N) is 2. The van der Waals surface area contributed by atoms with Crippen molar-refractivity contribution >= 4 is 23.2 Å². The summed E-state index contributed by atoms with van der Waals surface area (Å²) in [5, 5.41) is 12.1. The Labute approximate surface area is 146 Å². The lowest BCUT2D eigenvalue weighted by Crippen LogP contribution is -2.56. The van der Waals surface area contributed by atoms with Crippen LogP contribution in [0.1, 0.15) is 20.8 Å². The fourth-order valence-corrected chi connectivity index (χ4v) is 3.03. The minimum atomic E-state index is -2.03. The molecule has 0 aliphatic carbocycles. The van der Waals surface area contributed by atoms with E-state index in [9.17, 15) is 14.8 Å². The molecular weight excluding hydrogens is 320 g/mol. The maximum absolute atomic E-state index is 13.3. The van der Waals surface area contributed by atoms with Crippen LogP contribution in [0.2, 0.25) is 0 Å². The Hall–Kier alpha value is -2.70. The summed E-state index contributed by atoms with van der Waals surface area (Å²) in [6, 6.07) is 17.6. The van der Waals surface area contributed by atoms with Gasteiger partial charge in [-0.25, -0.2) is 14.9 Å². The van der Waals surface area contributed by atoms with E-state index in [4.69, 9.17) is 0 Å². The Kier molecular flexibility index (Phi) is 4.10. The molecule has 0 radical (unpaired) electrons. The predicted octanol–water partition coefficient (Wildman–Crippen LogP) is 3.26. The fourth-order valence-electron chi connectivity index (χ4n) is 3.03. The summed E-state index contributed by atoms with van der Waals surface area (Å²) in [6.07, 6.45) is 0. The Morgan fingerprint density at radius 1 is 0.800 bits per heavy atom. The number of carbonyl (C=O) groups is 2. The average Bonchev–Trinajstić information content (AvgIpc) is 2.83.